The van der Waals surface area contributed by atoms with Crippen molar-refractivity contribution in [2.45, 2.75) is 25.7 Å². The predicted molar refractivity (Wildman–Crippen MR) is 152 cm³/mol. The molecule has 1 amide bonds. The molecule has 1 aliphatic rings. The number of amides is 1. The first kappa shape index (κ1) is 27.9. The first-order valence-corrected chi connectivity index (χ1v) is 13.9. The first-order chi connectivity index (χ1) is 18.2. The summed E-state index contributed by atoms with van der Waals surface area (Å²) in [7, 11) is 1.79. The number of aromatic nitrogens is 1. The van der Waals surface area contributed by atoms with Gasteiger partial charge in [0.1, 0.15) is 18.1 Å². The molecule has 2 heterocycles. The van der Waals surface area contributed by atoms with E-state index in [1.807, 2.05) is 0 Å². The number of nitrogens with one attached hydrogen (secondary N) is 1. The summed E-state index contributed by atoms with van der Waals surface area (Å²) >= 11 is 13.0. The van der Waals surface area contributed by atoms with Crippen LogP contribution in [0.1, 0.15) is 41.2 Å². The van der Waals surface area contributed by atoms with Crippen LogP contribution in [0.2, 0.25) is 5.02 Å². The van der Waals surface area contributed by atoms with Gasteiger partial charge in [0.2, 0.25) is 0 Å². The minimum atomic E-state index is -0.401. The summed E-state index contributed by atoms with van der Waals surface area (Å²) in [6.07, 6.45) is 1.67. The van der Waals surface area contributed by atoms with Crippen molar-refractivity contribution in [3.63, 3.8) is 0 Å². The molecule has 4 rings (SSSR count). The van der Waals surface area contributed by atoms with Crippen molar-refractivity contribution in [2.24, 2.45) is 0 Å². The van der Waals surface area contributed by atoms with Crippen LogP contribution >= 0.6 is 35.2 Å². The summed E-state index contributed by atoms with van der Waals surface area (Å²) in [5.41, 5.74) is 2.10. The molecule has 7 nitrogen and oxygen atoms in total. The number of likely N-dealkylation sites (tertiary alicyclic amines) is 1. The van der Waals surface area contributed by atoms with Crippen molar-refractivity contribution >= 4 is 57.8 Å². The zero-order valence-corrected chi connectivity index (χ0v) is 23.5. The summed E-state index contributed by atoms with van der Waals surface area (Å²) in [6.45, 7) is 3.70. The Labute approximate surface area is 235 Å². The highest BCUT2D eigenvalue weighted by atomic mass is 35.5. The Morgan fingerprint density at radius 3 is 2.63 bits per heavy atom. The number of carbonyl (C=O) groups excluding carboxylic acids is 2. The second-order valence-electron chi connectivity index (χ2n) is 8.93. The number of benzene rings is 2. The van der Waals surface area contributed by atoms with Crippen LogP contribution in [0.5, 0.6) is 0 Å². The van der Waals surface area contributed by atoms with E-state index in [2.05, 4.69) is 15.2 Å². The molecular formula is C27H28ClFN4O3S2. The summed E-state index contributed by atoms with van der Waals surface area (Å²) in [5.74, 6) is -0.844. The van der Waals surface area contributed by atoms with Gasteiger partial charge in [-0.25, -0.2) is 9.37 Å². The summed E-state index contributed by atoms with van der Waals surface area (Å²) in [6, 6.07) is 11.2. The largest absolute Gasteiger partial charge is 0.465 e. The van der Waals surface area contributed by atoms with Crippen LogP contribution in [0.25, 0.3) is 11.1 Å². The van der Waals surface area contributed by atoms with Gasteiger partial charge in [0.25, 0.3) is 5.91 Å². The van der Waals surface area contributed by atoms with Gasteiger partial charge in [-0.1, -0.05) is 23.7 Å². The van der Waals surface area contributed by atoms with Gasteiger partial charge < -0.3 is 19.9 Å². The molecule has 1 aliphatic heterocycles. The van der Waals surface area contributed by atoms with E-state index in [4.69, 9.17) is 28.6 Å². The quantitative estimate of drug-likeness (QED) is 0.282. The monoisotopic (exact) mass is 574 g/mol. The molecule has 0 atom stereocenters. The zero-order valence-electron chi connectivity index (χ0n) is 21.1. The van der Waals surface area contributed by atoms with Crippen LogP contribution in [-0.4, -0.2) is 65.1 Å². The molecule has 0 bridgehead atoms. The van der Waals surface area contributed by atoms with Crippen LogP contribution in [0, 0.1) is 5.82 Å². The number of piperidine rings is 1. The molecular weight excluding hydrogens is 547 g/mol. The fourth-order valence-electron chi connectivity index (χ4n) is 4.29. The Morgan fingerprint density at radius 1 is 1.24 bits per heavy atom. The number of likely N-dealkylation sites (N-methyl/N-ethyl adjacent to an activating group) is 1. The molecule has 0 spiro atoms. The van der Waals surface area contributed by atoms with Crippen molar-refractivity contribution < 1.29 is 18.7 Å². The van der Waals surface area contributed by atoms with Gasteiger partial charge >= 0.3 is 5.97 Å². The third kappa shape index (κ3) is 6.86. The highest BCUT2D eigenvalue weighted by molar-refractivity contribution is 7.80. The van der Waals surface area contributed by atoms with Crippen molar-refractivity contribution in [1.82, 2.24) is 14.8 Å². The van der Waals surface area contributed by atoms with E-state index in [1.54, 1.807) is 54.6 Å². The predicted octanol–water partition coefficient (Wildman–Crippen LogP) is 5.81. The number of carbonyl (C=O) groups is 2. The molecule has 1 fully saturated rings. The average Bonchev–Trinajstić information content (AvgIpc) is 3.40. The molecule has 2 aromatic carbocycles. The second kappa shape index (κ2) is 12.6. The maximum atomic E-state index is 14.0. The molecule has 38 heavy (non-hydrogen) atoms. The standard InChI is InChI=1S/C27H28ClFN4O3S2/c1-3-36-24(34)15-32(2)27(37)33-12-10-18(11-13-33)26-31-23(16-38-26)25(35)30-22-9-8-20(29)14-21(22)17-4-6-19(28)7-5-17/h4-9,14,16,18H,3,10-13,15H2,1-2H3,(H,30,35). The number of thiazole rings is 1. The molecule has 1 N–H and O–H groups in total. The lowest BCUT2D eigenvalue weighted by Crippen LogP contribution is -2.46. The lowest BCUT2D eigenvalue weighted by atomic mass is 9.98. The molecule has 0 radical (unpaired) electrons. The van der Waals surface area contributed by atoms with E-state index < -0.39 is 5.82 Å². The number of halogens is 2. The zero-order chi connectivity index (χ0) is 27.2. The number of anilines is 1. The number of nitrogens with zero attached hydrogens (tertiary/aromatic N) is 3. The molecule has 0 unspecified atom stereocenters. The third-order valence-electron chi connectivity index (χ3n) is 6.25. The molecule has 0 aliphatic carbocycles. The number of hydrogen-bond donors (Lipinski definition) is 1. The normalized spacial score (nSPS) is 13.7. The lowest BCUT2D eigenvalue weighted by Gasteiger charge is -2.36. The van der Waals surface area contributed by atoms with Gasteiger partial charge in [0.05, 0.1) is 11.6 Å². The second-order valence-corrected chi connectivity index (χ2v) is 10.6. The summed E-state index contributed by atoms with van der Waals surface area (Å²) < 4.78 is 19.0. The number of hydrogen-bond acceptors (Lipinski definition) is 6. The molecule has 3 aromatic rings. The lowest BCUT2D eigenvalue weighted by molar-refractivity contribution is -0.143. The number of thiocarbonyl (C=S) groups is 1. The van der Waals surface area contributed by atoms with Gasteiger partial charge in [-0.05, 0) is 67.9 Å². The van der Waals surface area contributed by atoms with Crippen molar-refractivity contribution in [3.05, 3.63) is 69.4 Å². The van der Waals surface area contributed by atoms with E-state index in [-0.39, 0.29) is 24.3 Å². The van der Waals surface area contributed by atoms with Gasteiger partial charge in [-0.15, -0.1) is 11.3 Å². The van der Waals surface area contributed by atoms with E-state index in [9.17, 15) is 14.0 Å². The summed E-state index contributed by atoms with van der Waals surface area (Å²) in [5, 5.41) is 6.72. The SMILES string of the molecule is CCOC(=O)CN(C)C(=S)N1CCC(c2nc(C(=O)Nc3ccc(F)cc3-c3ccc(Cl)cc3)cs2)CC1. The summed E-state index contributed by atoms with van der Waals surface area (Å²) in [4.78, 5) is 33.2. The highest BCUT2D eigenvalue weighted by Gasteiger charge is 2.27. The Balaban J connectivity index is 1.37. The van der Waals surface area contributed by atoms with E-state index in [0.29, 0.717) is 33.7 Å². The first-order valence-electron chi connectivity index (χ1n) is 12.2. The van der Waals surface area contributed by atoms with Crippen molar-refractivity contribution in [1.29, 1.82) is 0 Å². The smallest absolute Gasteiger partial charge is 0.325 e. The van der Waals surface area contributed by atoms with Crippen LogP contribution in [0.4, 0.5) is 10.1 Å². The van der Waals surface area contributed by atoms with Gasteiger partial charge in [-0.2, -0.15) is 0 Å². The minimum absolute atomic E-state index is 0.116. The van der Waals surface area contributed by atoms with Crippen LogP contribution in [-0.2, 0) is 9.53 Å². The molecule has 1 aromatic heterocycles. The molecule has 1 saturated heterocycles. The maximum Gasteiger partial charge on any atom is 0.325 e. The fraction of sp³-hybridized carbons (Fsp3) is 0.333. The van der Waals surface area contributed by atoms with E-state index in [1.165, 1.54) is 23.5 Å². The highest BCUT2D eigenvalue weighted by Crippen LogP contribution is 2.32. The van der Waals surface area contributed by atoms with Gasteiger partial charge in [-0.3, -0.25) is 9.59 Å². The van der Waals surface area contributed by atoms with Crippen LogP contribution in [0.15, 0.2) is 47.8 Å². The topological polar surface area (TPSA) is 74.8 Å². The van der Waals surface area contributed by atoms with Gasteiger partial charge in [0.15, 0.2) is 5.11 Å². The molecule has 0 saturated carbocycles. The van der Waals surface area contributed by atoms with E-state index in [0.717, 1.165) is 36.5 Å². The average molecular weight is 575 g/mol. The Morgan fingerprint density at radius 2 is 1.95 bits per heavy atom. The minimum Gasteiger partial charge on any atom is -0.465 e. The van der Waals surface area contributed by atoms with E-state index >= 15 is 0 Å². The Hall–Kier alpha value is -3.08. The maximum absolute atomic E-state index is 14.0. The van der Waals surface area contributed by atoms with Crippen LogP contribution in [0.3, 0.4) is 0 Å². The molecule has 11 heteroatoms. The molecule has 200 valence electrons. The number of esters is 1. The van der Waals surface area contributed by atoms with Crippen LogP contribution < -0.4 is 5.32 Å². The fourth-order valence-corrected chi connectivity index (χ4v) is 5.63. The Bertz CT molecular complexity index is 1310. The van der Waals surface area contributed by atoms with Crippen molar-refractivity contribution in [2.75, 3.05) is 38.6 Å². The number of rotatable bonds is 7. The van der Waals surface area contributed by atoms with Crippen molar-refractivity contribution in [3.8, 4) is 11.1 Å². The Kier molecular flexibility index (Phi) is 9.30. The van der Waals surface area contributed by atoms with Gasteiger partial charge in [0, 0.05) is 47.7 Å². The number of ether oxygens (including phenoxy) is 1. The third-order valence-corrected chi connectivity index (χ3v) is 8.08.